The first-order valence-corrected chi connectivity index (χ1v) is 8.14. The fourth-order valence-corrected chi connectivity index (χ4v) is 3.39. The highest BCUT2D eigenvalue weighted by Gasteiger charge is 2.29. The van der Waals surface area contributed by atoms with E-state index in [1.807, 2.05) is 6.92 Å². The van der Waals surface area contributed by atoms with Crippen LogP contribution in [0.3, 0.4) is 0 Å². The van der Waals surface area contributed by atoms with Crippen LogP contribution in [0, 0.1) is 30.4 Å². The van der Waals surface area contributed by atoms with E-state index in [-0.39, 0.29) is 39.2 Å². The minimum absolute atomic E-state index is 0.000559. The van der Waals surface area contributed by atoms with Gasteiger partial charge in [0.1, 0.15) is 11.6 Å². The normalized spacial score (nSPS) is 22.0. The van der Waals surface area contributed by atoms with E-state index < -0.39 is 23.5 Å². The summed E-state index contributed by atoms with van der Waals surface area (Å²) in [6.07, 6.45) is 2.13. The summed E-state index contributed by atoms with van der Waals surface area (Å²) in [6.45, 7) is 3.25. The Balaban J connectivity index is 2.68. The first-order chi connectivity index (χ1) is 11.1. The van der Waals surface area contributed by atoms with Crippen molar-refractivity contribution >= 4 is 34.7 Å². The predicted molar refractivity (Wildman–Crippen MR) is 90.7 cm³/mol. The lowest BCUT2D eigenvalue weighted by Crippen LogP contribution is -2.20. The number of allylic oxidation sites excluding steroid dienone is 2. The Bertz CT molecular complexity index is 759. The number of carboxylic acid groups (broad SMARTS) is 1. The van der Waals surface area contributed by atoms with Gasteiger partial charge in [-0.2, -0.15) is 0 Å². The van der Waals surface area contributed by atoms with Gasteiger partial charge in [-0.15, -0.1) is 0 Å². The monoisotopic (exact) mass is 375 g/mol. The van der Waals surface area contributed by atoms with Gasteiger partial charge in [-0.25, -0.2) is 8.78 Å². The average molecular weight is 376 g/mol. The van der Waals surface area contributed by atoms with Crippen LogP contribution in [-0.4, -0.2) is 11.1 Å². The van der Waals surface area contributed by atoms with Gasteiger partial charge in [0, 0.05) is 11.3 Å². The van der Waals surface area contributed by atoms with Gasteiger partial charge in [-0.05, 0) is 49.0 Å². The van der Waals surface area contributed by atoms with Crippen molar-refractivity contribution in [3.8, 4) is 0 Å². The summed E-state index contributed by atoms with van der Waals surface area (Å²) in [5, 5.41) is 8.96. The topological polar surface area (TPSA) is 63.3 Å². The lowest BCUT2D eigenvalue weighted by atomic mass is 9.83. The molecule has 2 atom stereocenters. The summed E-state index contributed by atoms with van der Waals surface area (Å²) in [7, 11) is 0. The Morgan fingerprint density at radius 3 is 2.54 bits per heavy atom. The van der Waals surface area contributed by atoms with Gasteiger partial charge in [0.25, 0.3) is 0 Å². The summed E-state index contributed by atoms with van der Waals surface area (Å²) in [6, 6.07) is 0.924. The third-order valence-corrected chi connectivity index (χ3v) is 5.06. The molecular weight excluding hydrogens is 359 g/mol. The van der Waals surface area contributed by atoms with E-state index in [1.54, 1.807) is 0 Å². The highest BCUT2D eigenvalue weighted by Crippen LogP contribution is 2.39. The van der Waals surface area contributed by atoms with Crippen molar-refractivity contribution in [1.82, 2.24) is 0 Å². The maximum atomic E-state index is 14.4. The Labute approximate surface area is 148 Å². The number of hydrogen-bond acceptors (Lipinski definition) is 2. The number of rotatable bonds is 2. The van der Waals surface area contributed by atoms with Crippen molar-refractivity contribution in [2.45, 2.75) is 26.7 Å². The van der Waals surface area contributed by atoms with Gasteiger partial charge in [-0.1, -0.05) is 30.1 Å². The van der Waals surface area contributed by atoms with Crippen molar-refractivity contribution in [3.63, 3.8) is 0 Å². The Hall–Kier alpha value is -1.59. The summed E-state index contributed by atoms with van der Waals surface area (Å²) in [4.78, 5) is 11.3. The van der Waals surface area contributed by atoms with Crippen LogP contribution in [0.4, 0.5) is 8.78 Å². The SMILES string of the molecule is Cc1c(F)c(Cl)cc(F)c1C1=CC(N)=C(Cl)C(C(=O)O)CCC1C. The molecule has 130 valence electrons. The van der Waals surface area contributed by atoms with Gasteiger partial charge in [0.2, 0.25) is 0 Å². The van der Waals surface area contributed by atoms with Crippen LogP contribution in [0.2, 0.25) is 5.02 Å². The van der Waals surface area contributed by atoms with E-state index in [1.165, 1.54) is 13.0 Å². The first kappa shape index (κ1) is 18.7. The third-order valence-electron chi connectivity index (χ3n) is 4.30. The molecule has 24 heavy (non-hydrogen) atoms. The zero-order valence-electron chi connectivity index (χ0n) is 13.2. The minimum Gasteiger partial charge on any atom is -0.481 e. The van der Waals surface area contributed by atoms with E-state index in [0.29, 0.717) is 12.0 Å². The van der Waals surface area contributed by atoms with E-state index >= 15 is 0 Å². The van der Waals surface area contributed by atoms with Gasteiger partial charge in [0.15, 0.2) is 0 Å². The molecule has 1 aromatic carbocycles. The molecule has 0 saturated carbocycles. The van der Waals surface area contributed by atoms with E-state index in [0.717, 1.165) is 6.07 Å². The number of benzene rings is 1. The minimum atomic E-state index is -1.06. The zero-order chi connectivity index (χ0) is 18.2. The van der Waals surface area contributed by atoms with Crippen LogP contribution in [0.15, 0.2) is 22.9 Å². The smallest absolute Gasteiger partial charge is 0.311 e. The standard InChI is InChI=1S/C17H17Cl2F2NO2/c1-7-3-4-9(17(23)24)15(19)13(22)5-10(7)14-8(2)16(21)11(18)6-12(14)20/h5-7,9H,3-4,22H2,1-2H3,(H,23,24). The van der Waals surface area contributed by atoms with Crippen LogP contribution in [0.1, 0.15) is 30.9 Å². The van der Waals surface area contributed by atoms with Crippen molar-refractivity contribution in [3.05, 3.63) is 50.7 Å². The number of carboxylic acids is 1. The fraction of sp³-hybridized carbons (Fsp3) is 0.353. The van der Waals surface area contributed by atoms with Crippen LogP contribution in [0.25, 0.3) is 5.57 Å². The maximum Gasteiger partial charge on any atom is 0.311 e. The molecule has 0 spiro atoms. The van der Waals surface area contributed by atoms with Crippen molar-refractivity contribution in [2.24, 2.45) is 17.6 Å². The fourth-order valence-electron chi connectivity index (χ4n) is 2.90. The Morgan fingerprint density at radius 2 is 1.96 bits per heavy atom. The van der Waals surface area contributed by atoms with Crippen LogP contribution < -0.4 is 5.73 Å². The molecule has 0 amide bonds. The summed E-state index contributed by atoms with van der Waals surface area (Å²) >= 11 is 11.8. The van der Waals surface area contributed by atoms with Crippen molar-refractivity contribution in [1.29, 1.82) is 0 Å². The van der Waals surface area contributed by atoms with Crippen molar-refractivity contribution < 1.29 is 18.7 Å². The Morgan fingerprint density at radius 1 is 1.33 bits per heavy atom. The van der Waals surface area contributed by atoms with Gasteiger partial charge < -0.3 is 10.8 Å². The van der Waals surface area contributed by atoms with E-state index in [4.69, 9.17) is 28.9 Å². The van der Waals surface area contributed by atoms with Crippen molar-refractivity contribution in [2.75, 3.05) is 0 Å². The summed E-state index contributed by atoms with van der Waals surface area (Å²) in [5.41, 5.74) is 6.58. The molecular formula is C17H17Cl2F2NO2. The quantitative estimate of drug-likeness (QED) is 0.726. The molecule has 0 radical (unpaired) electrons. The first-order valence-electron chi connectivity index (χ1n) is 7.39. The lowest BCUT2D eigenvalue weighted by Gasteiger charge is -2.24. The number of aliphatic carboxylic acids is 1. The second kappa shape index (κ2) is 7.11. The molecule has 0 bridgehead atoms. The Kier molecular flexibility index (Phi) is 5.56. The molecule has 0 aliphatic heterocycles. The summed E-state index contributed by atoms with van der Waals surface area (Å²) in [5.74, 6) is -3.55. The maximum absolute atomic E-state index is 14.4. The molecule has 2 unspecified atom stereocenters. The second-order valence-electron chi connectivity index (χ2n) is 5.93. The summed E-state index contributed by atoms with van der Waals surface area (Å²) < 4.78 is 28.5. The predicted octanol–water partition coefficient (Wildman–Crippen LogP) is 4.85. The highest BCUT2D eigenvalue weighted by atomic mass is 35.5. The molecule has 0 saturated heterocycles. The number of nitrogens with two attached hydrogens (primary N) is 1. The van der Waals surface area contributed by atoms with Crippen LogP contribution >= 0.6 is 23.2 Å². The number of carbonyl (C=O) groups is 1. The molecule has 7 heteroatoms. The molecule has 1 aliphatic carbocycles. The number of halogens is 4. The molecule has 0 aromatic heterocycles. The van der Waals surface area contributed by atoms with E-state index in [2.05, 4.69) is 0 Å². The van der Waals surface area contributed by atoms with Gasteiger partial charge >= 0.3 is 5.97 Å². The molecule has 2 rings (SSSR count). The lowest BCUT2D eigenvalue weighted by molar-refractivity contribution is -0.140. The third kappa shape index (κ3) is 3.42. The highest BCUT2D eigenvalue weighted by molar-refractivity contribution is 6.31. The molecule has 3 N–H and O–H groups in total. The average Bonchev–Trinajstić information content (AvgIpc) is 2.50. The molecule has 0 heterocycles. The zero-order valence-corrected chi connectivity index (χ0v) is 14.7. The van der Waals surface area contributed by atoms with Crippen LogP contribution in [-0.2, 0) is 4.79 Å². The largest absolute Gasteiger partial charge is 0.481 e. The molecule has 1 aliphatic rings. The van der Waals surface area contributed by atoms with Gasteiger partial charge in [0.05, 0.1) is 16.0 Å². The molecule has 1 aromatic rings. The second-order valence-corrected chi connectivity index (χ2v) is 6.74. The molecule has 0 fully saturated rings. The van der Waals surface area contributed by atoms with Gasteiger partial charge in [-0.3, -0.25) is 4.79 Å². The van der Waals surface area contributed by atoms with E-state index in [9.17, 15) is 18.7 Å². The molecule has 3 nitrogen and oxygen atoms in total. The van der Waals surface area contributed by atoms with Crippen LogP contribution in [0.5, 0.6) is 0 Å². The number of hydrogen-bond donors (Lipinski definition) is 2.